The van der Waals surface area contributed by atoms with Crippen LogP contribution < -0.4 is 16.0 Å². The zero-order valence-electron chi connectivity index (χ0n) is 15.6. The van der Waals surface area contributed by atoms with E-state index in [2.05, 4.69) is 53.0 Å². The van der Waals surface area contributed by atoms with E-state index in [1.807, 2.05) is 0 Å². The number of nitrogens with one attached hydrogen (secondary N) is 3. The Morgan fingerprint density at radius 3 is 2.65 bits per heavy atom. The number of aryl methyl sites for hydroxylation is 2. The maximum Gasteiger partial charge on any atom is 0.222 e. The first kappa shape index (κ1) is 20.2. The van der Waals surface area contributed by atoms with Gasteiger partial charge in [-0.2, -0.15) is 0 Å². The summed E-state index contributed by atoms with van der Waals surface area (Å²) in [6.45, 7) is 5.22. The number of carbonyl (C=O) groups excluding carboxylic acids is 1. The molecule has 1 fully saturated rings. The molecule has 2 rings (SSSR count). The van der Waals surface area contributed by atoms with Gasteiger partial charge in [0.05, 0.1) is 11.5 Å². The van der Waals surface area contributed by atoms with Gasteiger partial charge in [-0.25, -0.2) is 8.42 Å². The summed E-state index contributed by atoms with van der Waals surface area (Å²) >= 11 is 0. The molecule has 1 amide bonds. The quantitative estimate of drug-likeness (QED) is 0.497. The fourth-order valence-electron chi connectivity index (χ4n) is 2.95. The first-order valence-corrected chi connectivity index (χ1v) is 10.6. The Labute approximate surface area is 155 Å². The van der Waals surface area contributed by atoms with Gasteiger partial charge in [-0.15, -0.1) is 0 Å². The fourth-order valence-corrected chi connectivity index (χ4v) is 4.62. The van der Waals surface area contributed by atoms with Crippen LogP contribution in [0.1, 0.15) is 29.5 Å². The van der Waals surface area contributed by atoms with Crippen LogP contribution in [0.3, 0.4) is 0 Å². The highest BCUT2D eigenvalue weighted by atomic mass is 32.2. The van der Waals surface area contributed by atoms with E-state index in [4.69, 9.17) is 0 Å². The lowest BCUT2D eigenvalue weighted by Gasteiger charge is -2.14. The van der Waals surface area contributed by atoms with Crippen molar-refractivity contribution in [3.05, 3.63) is 34.9 Å². The second-order valence-corrected chi connectivity index (χ2v) is 8.93. The molecule has 3 N–H and O–H groups in total. The number of rotatable bonds is 6. The van der Waals surface area contributed by atoms with Crippen molar-refractivity contribution in [2.75, 3.05) is 25.1 Å². The van der Waals surface area contributed by atoms with Crippen molar-refractivity contribution in [2.45, 2.75) is 39.3 Å². The Hall–Kier alpha value is -2.09. The molecule has 0 spiro atoms. The minimum Gasteiger partial charge on any atom is -0.356 e. The molecule has 1 atom stereocenters. The largest absolute Gasteiger partial charge is 0.356 e. The van der Waals surface area contributed by atoms with E-state index in [0.717, 1.165) is 0 Å². The lowest BCUT2D eigenvalue weighted by molar-refractivity contribution is -0.121. The average Bonchev–Trinajstić information content (AvgIpc) is 2.90. The highest BCUT2D eigenvalue weighted by Gasteiger charge is 2.28. The molecule has 1 unspecified atom stereocenters. The number of hydrogen-bond acceptors (Lipinski definition) is 4. The van der Waals surface area contributed by atoms with Crippen LogP contribution in [0.25, 0.3) is 0 Å². The van der Waals surface area contributed by atoms with Gasteiger partial charge in [0.2, 0.25) is 5.91 Å². The highest BCUT2D eigenvalue weighted by molar-refractivity contribution is 7.91. The molecule has 26 heavy (non-hydrogen) atoms. The molecule has 144 valence electrons. The summed E-state index contributed by atoms with van der Waals surface area (Å²) in [7, 11) is -1.30. The number of carbonyl (C=O) groups is 1. The number of benzene rings is 1. The van der Waals surface area contributed by atoms with Crippen LogP contribution in [-0.2, 0) is 21.2 Å². The molecule has 1 heterocycles. The molecule has 1 saturated heterocycles. The lowest BCUT2D eigenvalue weighted by atomic mass is 10.1. The Kier molecular flexibility index (Phi) is 7.02. The zero-order valence-corrected chi connectivity index (χ0v) is 16.4. The van der Waals surface area contributed by atoms with Crippen molar-refractivity contribution in [3.8, 4) is 0 Å². The van der Waals surface area contributed by atoms with Gasteiger partial charge in [0.15, 0.2) is 15.8 Å². The molecule has 1 aliphatic rings. The van der Waals surface area contributed by atoms with Crippen molar-refractivity contribution >= 4 is 21.7 Å². The van der Waals surface area contributed by atoms with Gasteiger partial charge < -0.3 is 16.0 Å². The van der Waals surface area contributed by atoms with E-state index < -0.39 is 9.84 Å². The molecule has 1 aromatic carbocycles. The highest BCUT2D eigenvalue weighted by Crippen LogP contribution is 2.11. The number of sulfone groups is 1. The first-order valence-electron chi connectivity index (χ1n) is 8.79. The van der Waals surface area contributed by atoms with Crippen LogP contribution in [0, 0.1) is 13.8 Å². The standard InChI is InChI=1S/C18H28N4O3S/c1-13-4-5-15(14(2)10-13)11-21-18(19-3)20-8-6-17(23)22-16-7-9-26(24,25)12-16/h4-5,10,16H,6-9,11-12H2,1-3H3,(H,22,23)(H2,19,20,21). The van der Waals surface area contributed by atoms with Crippen LogP contribution in [0.4, 0.5) is 0 Å². The van der Waals surface area contributed by atoms with Crippen molar-refractivity contribution in [1.82, 2.24) is 16.0 Å². The van der Waals surface area contributed by atoms with Gasteiger partial charge in [0.25, 0.3) is 0 Å². The smallest absolute Gasteiger partial charge is 0.222 e. The van der Waals surface area contributed by atoms with Crippen molar-refractivity contribution in [2.24, 2.45) is 4.99 Å². The fraction of sp³-hybridized carbons (Fsp3) is 0.556. The summed E-state index contributed by atoms with van der Waals surface area (Å²) < 4.78 is 22.8. The summed E-state index contributed by atoms with van der Waals surface area (Å²) in [5, 5.41) is 9.11. The van der Waals surface area contributed by atoms with Gasteiger partial charge in [0.1, 0.15) is 0 Å². The monoisotopic (exact) mass is 380 g/mol. The van der Waals surface area contributed by atoms with Gasteiger partial charge in [-0.3, -0.25) is 9.79 Å². The lowest BCUT2D eigenvalue weighted by Crippen LogP contribution is -2.41. The summed E-state index contributed by atoms with van der Waals surface area (Å²) in [6, 6.07) is 6.05. The third-order valence-electron chi connectivity index (χ3n) is 4.41. The van der Waals surface area contributed by atoms with Crippen molar-refractivity contribution in [3.63, 3.8) is 0 Å². The summed E-state index contributed by atoms with van der Waals surface area (Å²) in [4.78, 5) is 16.1. The molecule has 0 bridgehead atoms. The molecule has 0 saturated carbocycles. The second-order valence-electron chi connectivity index (χ2n) is 6.70. The van der Waals surface area contributed by atoms with Gasteiger partial charge >= 0.3 is 0 Å². The first-order chi connectivity index (χ1) is 12.3. The van der Waals surface area contributed by atoms with Crippen LogP contribution in [0.2, 0.25) is 0 Å². The number of nitrogens with zero attached hydrogens (tertiary/aromatic N) is 1. The maximum absolute atomic E-state index is 11.9. The number of hydrogen-bond donors (Lipinski definition) is 3. The molecule has 7 nitrogen and oxygen atoms in total. The van der Waals surface area contributed by atoms with E-state index in [1.54, 1.807) is 7.05 Å². The molecule has 0 radical (unpaired) electrons. The van der Waals surface area contributed by atoms with E-state index in [1.165, 1.54) is 16.7 Å². The molecule has 1 aromatic rings. The molecular formula is C18H28N4O3S. The molecule has 1 aliphatic heterocycles. The maximum atomic E-state index is 11.9. The van der Waals surface area contributed by atoms with Crippen LogP contribution in [-0.4, -0.2) is 51.4 Å². The molecule has 8 heteroatoms. The number of aliphatic imine (C=N–C) groups is 1. The average molecular weight is 381 g/mol. The van der Waals surface area contributed by atoms with E-state index in [9.17, 15) is 13.2 Å². The zero-order chi connectivity index (χ0) is 19.2. The van der Waals surface area contributed by atoms with Crippen LogP contribution in [0.15, 0.2) is 23.2 Å². The van der Waals surface area contributed by atoms with E-state index >= 15 is 0 Å². The van der Waals surface area contributed by atoms with Gasteiger partial charge in [0, 0.05) is 32.6 Å². The van der Waals surface area contributed by atoms with Crippen molar-refractivity contribution < 1.29 is 13.2 Å². The Bertz CT molecular complexity index is 775. The number of amides is 1. The van der Waals surface area contributed by atoms with E-state index in [0.29, 0.717) is 25.5 Å². The van der Waals surface area contributed by atoms with Gasteiger partial charge in [-0.1, -0.05) is 23.8 Å². The Morgan fingerprint density at radius 2 is 2.04 bits per heavy atom. The Balaban J connectivity index is 1.71. The van der Waals surface area contributed by atoms with Crippen molar-refractivity contribution in [1.29, 1.82) is 0 Å². The third-order valence-corrected chi connectivity index (χ3v) is 6.18. The normalized spacial score (nSPS) is 19.2. The SMILES string of the molecule is CN=C(NCCC(=O)NC1CCS(=O)(=O)C1)NCc1ccc(C)cc1C. The summed E-state index contributed by atoms with van der Waals surface area (Å²) in [6.07, 6.45) is 0.765. The second kappa shape index (κ2) is 9.02. The molecular weight excluding hydrogens is 352 g/mol. The Morgan fingerprint density at radius 1 is 1.27 bits per heavy atom. The summed E-state index contributed by atoms with van der Waals surface area (Å²) in [5.41, 5.74) is 3.65. The van der Waals surface area contributed by atoms with Crippen LogP contribution in [0.5, 0.6) is 0 Å². The minimum absolute atomic E-state index is 0.0469. The van der Waals surface area contributed by atoms with Crippen LogP contribution >= 0.6 is 0 Å². The molecule has 0 aromatic heterocycles. The van der Waals surface area contributed by atoms with E-state index in [-0.39, 0.29) is 29.9 Å². The summed E-state index contributed by atoms with van der Waals surface area (Å²) in [5.74, 6) is 0.682. The third kappa shape index (κ3) is 6.33. The number of guanidine groups is 1. The predicted molar refractivity (Wildman–Crippen MR) is 104 cm³/mol. The minimum atomic E-state index is -2.98. The predicted octanol–water partition coefficient (Wildman–Crippen LogP) is 0.662. The molecule has 0 aliphatic carbocycles. The topological polar surface area (TPSA) is 99.7 Å². The van der Waals surface area contributed by atoms with Gasteiger partial charge in [-0.05, 0) is 31.4 Å².